The number of benzene rings is 1. The first-order chi connectivity index (χ1) is 19.3. The Kier molecular flexibility index (Phi) is 7.03. The zero-order valence-electron chi connectivity index (χ0n) is 21.4. The predicted octanol–water partition coefficient (Wildman–Crippen LogP) is 4.86. The maximum absolute atomic E-state index is 13.8. The topological polar surface area (TPSA) is 95.5 Å². The molecule has 1 spiro atoms. The molecule has 1 N–H and O–H groups in total. The van der Waals surface area contributed by atoms with Crippen LogP contribution in [-0.4, -0.2) is 57.7 Å². The van der Waals surface area contributed by atoms with Crippen LogP contribution < -0.4 is 10.2 Å². The molecule has 40 heavy (non-hydrogen) atoms. The minimum atomic E-state index is -2.88. The third-order valence-electron chi connectivity index (χ3n) is 8.21. The summed E-state index contributed by atoms with van der Waals surface area (Å²) in [6, 6.07) is 8.83. The van der Waals surface area contributed by atoms with Gasteiger partial charge in [0, 0.05) is 42.9 Å². The van der Waals surface area contributed by atoms with E-state index in [2.05, 4.69) is 14.7 Å². The highest BCUT2D eigenvalue weighted by atomic mass is 35.5. The molecule has 2 fully saturated rings. The molecule has 6 rings (SSSR count). The number of carbonyl (C=O) groups is 3. The zero-order chi connectivity index (χ0) is 28.0. The summed E-state index contributed by atoms with van der Waals surface area (Å²) in [6.07, 6.45) is 2.65. The van der Waals surface area contributed by atoms with E-state index in [0.29, 0.717) is 38.0 Å². The Labute approximate surface area is 238 Å². The molecule has 12 heteroatoms. The van der Waals surface area contributed by atoms with Gasteiger partial charge in [-0.1, -0.05) is 29.8 Å². The van der Waals surface area contributed by atoms with Gasteiger partial charge in [-0.05, 0) is 60.8 Å². The molecule has 0 bridgehead atoms. The quantitative estimate of drug-likeness (QED) is 0.446. The van der Waals surface area contributed by atoms with Crippen LogP contribution in [0.3, 0.4) is 0 Å². The Hall–Kier alpha value is -3.44. The minimum Gasteiger partial charge on any atom is -0.349 e. The van der Waals surface area contributed by atoms with Gasteiger partial charge in [-0.3, -0.25) is 19.4 Å². The standard InChI is InChI=1S/C28H26ClF2N5O3S/c29-18-9-20(23(24(30)31)32-11-18)25(37)34-19-7-5-16(6-8-19)12-36-22-4-2-1-3-21(22)28(27(36)39)14-35(15-28)26(38)17-10-33-40-13-17/h1-4,9-11,13,16,19,24H,5-8,12,14-15H2,(H,34,37). The number of pyridine rings is 1. The molecule has 3 amide bonds. The second-order valence-corrected chi connectivity index (χ2v) is 11.8. The lowest BCUT2D eigenvalue weighted by atomic mass is 9.74. The third-order valence-corrected chi connectivity index (χ3v) is 9.01. The number of nitrogens with zero attached hydrogens (tertiary/aromatic N) is 4. The van der Waals surface area contributed by atoms with Crippen LogP contribution in [0.1, 0.15) is 64.1 Å². The molecular weight excluding hydrogens is 560 g/mol. The normalized spacial score (nSPS) is 21.4. The second kappa shape index (κ2) is 10.5. The van der Waals surface area contributed by atoms with E-state index < -0.39 is 23.4 Å². The number of aromatic nitrogens is 2. The van der Waals surface area contributed by atoms with Crippen molar-refractivity contribution in [2.45, 2.75) is 43.6 Å². The number of alkyl halides is 2. The van der Waals surface area contributed by atoms with E-state index in [1.165, 1.54) is 17.6 Å². The largest absolute Gasteiger partial charge is 0.349 e. The molecular formula is C28H26ClF2N5O3S. The second-order valence-electron chi connectivity index (χ2n) is 10.7. The van der Waals surface area contributed by atoms with Crippen LogP contribution in [-0.2, 0) is 10.2 Å². The van der Waals surface area contributed by atoms with Crippen LogP contribution in [0.15, 0.2) is 48.1 Å². The van der Waals surface area contributed by atoms with Gasteiger partial charge in [0.05, 0.1) is 22.3 Å². The van der Waals surface area contributed by atoms with Crippen LogP contribution in [0.25, 0.3) is 0 Å². The molecule has 1 aromatic carbocycles. The predicted molar refractivity (Wildman–Crippen MR) is 146 cm³/mol. The van der Waals surface area contributed by atoms with Crippen molar-refractivity contribution in [3.8, 4) is 0 Å². The third kappa shape index (κ3) is 4.64. The molecule has 3 aliphatic rings. The Morgan fingerprint density at radius 1 is 1.15 bits per heavy atom. The highest BCUT2D eigenvalue weighted by molar-refractivity contribution is 7.03. The van der Waals surface area contributed by atoms with Gasteiger partial charge in [-0.15, -0.1) is 0 Å². The van der Waals surface area contributed by atoms with Gasteiger partial charge in [0.25, 0.3) is 18.2 Å². The number of amides is 3. The van der Waals surface area contributed by atoms with Gasteiger partial charge in [0.15, 0.2) is 0 Å². The maximum Gasteiger partial charge on any atom is 0.281 e. The number of halogens is 3. The lowest BCUT2D eigenvalue weighted by Crippen LogP contribution is -2.65. The summed E-state index contributed by atoms with van der Waals surface area (Å²) in [7, 11) is 0. The number of fused-ring (bicyclic) bond motifs is 2. The first-order valence-corrected chi connectivity index (χ1v) is 14.3. The molecule has 3 aromatic rings. The van der Waals surface area contributed by atoms with Gasteiger partial charge < -0.3 is 15.1 Å². The van der Waals surface area contributed by atoms with Gasteiger partial charge in [0.1, 0.15) is 11.1 Å². The van der Waals surface area contributed by atoms with E-state index in [0.717, 1.165) is 30.3 Å². The SMILES string of the molecule is O=C(NC1CCC(CN2C(=O)C3(CN(C(=O)c4cnsc4)C3)c3ccccc32)CC1)c1cc(Cl)cnc1C(F)F. The molecule has 1 saturated heterocycles. The summed E-state index contributed by atoms with van der Waals surface area (Å²) in [5, 5.41) is 4.70. The summed E-state index contributed by atoms with van der Waals surface area (Å²) in [6.45, 7) is 1.23. The molecule has 4 heterocycles. The van der Waals surface area contributed by atoms with E-state index in [-0.39, 0.29) is 34.4 Å². The fourth-order valence-corrected chi connectivity index (χ4v) is 6.81. The Morgan fingerprint density at radius 2 is 1.90 bits per heavy atom. The van der Waals surface area contributed by atoms with Gasteiger partial charge in [-0.25, -0.2) is 13.2 Å². The molecule has 0 radical (unpaired) electrons. The van der Waals surface area contributed by atoms with Crippen molar-refractivity contribution in [3.05, 3.63) is 75.5 Å². The number of likely N-dealkylation sites (tertiary alicyclic amines) is 1. The van der Waals surface area contributed by atoms with Crippen LogP contribution in [0.2, 0.25) is 5.02 Å². The molecule has 2 aliphatic heterocycles. The summed E-state index contributed by atoms with van der Waals surface area (Å²) in [5.74, 6) is -0.483. The molecule has 0 atom stereocenters. The molecule has 8 nitrogen and oxygen atoms in total. The van der Waals surface area contributed by atoms with E-state index in [1.807, 2.05) is 29.2 Å². The van der Waals surface area contributed by atoms with Crippen molar-refractivity contribution >= 4 is 46.5 Å². The minimum absolute atomic E-state index is 0.0182. The summed E-state index contributed by atoms with van der Waals surface area (Å²) >= 11 is 7.12. The van der Waals surface area contributed by atoms with E-state index in [1.54, 1.807) is 16.5 Å². The van der Waals surface area contributed by atoms with Crippen LogP contribution in [0.4, 0.5) is 14.5 Å². The van der Waals surface area contributed by atoms with Crippen LogP contribution >= 0.6 is 23.1 Å². The van der Waals surface area contributed by atoms with Crippen LogP contribution in [0, 0.1) is 5.92 Å². The first-order valence-electron chi connectivity index (χ1n) is 13.1. The summed E-state index contributed by atoms with van der Waals surface area (Å²) in [4.78, 5) is 46.6. The monoisotopic (exact) mass is 585 g/mol. The summed E-state index contributed by atoms with van der Waals surface area (Å²) in [5.41, 5.74) is 0.861. The van der Waals surface area contributed by atoms with Gasteiger partial charge in [-0.2, -0.15) is 0 Å². The number of hydrogen-bond donors (Lipinski definition) is 1. The number of carbonyl (C=O) groups excluding carboxylic acids is 3. The fraction of sp³-hybridized carbons (Fsp3) is 0.393. The number of para-hydroxylation sites is 1. The molecule has 1 saturated carbocycles. The van der Waals surface area contributed by atoms with Crippen molar-refractivity contribution in [1.82, 2.24) is 19.6 Å². The highest BCUT2D eigenvalue weighted by Crippen LogP contribution is 2.48. The van der Waals surface area contributed by atoms with Crippen LogP contribution in [0.5, 0.6) is 0 Å². The van der Waals surface area contributed by atoms with E-state index in [9.17, 15) is 23.2 Å². The molecule has 2 aromatic heterocycles. The van der Waals surface area contributed by atoms with Crippen molar-refractivity contribution in [2.24, 2.45) is 5.92 Å². The van der Waals surface area contributed by atoms with Crippen molar-refractivity contribution < 1.29 is 23.2 Å². The first kappa shape index (κ1) is 26.8. The van der Waals surface area contributed by atoms with Gasteiger partial charge >= 0.3 is 0 Å². The maximum atomic E-state index is 13.8. The van der Waals surface area contributed by atoms with E-state index in [4.69, 9.17) is 11.6 Å². The average molecular weight is 586 g/mol. The number of rotatable bonds is 6. The lowest BCUT2D eigenvalue weighted by Gasteiger charge is -2.46. The van der Waals surface area contributed by atoms with Crippen molar-refractivity contribution in [1.29, 1.82) is 0 Å². The number of hydrogen-bond acceptors (Lipinski definition) is 6. The number of nitrogens with one attached hydrogen (secondary N) is 1. The lowest BCUT2D eigenvalue weighted by molar-refractivity contribution is -0.128. The number of anilines is 1. The summed E-state index contributed by atoms with van der Waals surface area (Å²) < 4.78 is 30.7. The van der Waals surface area contributed by atoms with Crippen molar-refractivity contribution in [3.63, 3.8) is 0 Å². The average Bonchev–Trinajstić information content (AvgIpc) is 3.54. The Morgan fingerprint density at radius 3 is 2.60 bits per heavy atom. The van der Waals surface area contributed by atoms with Gasteiger partial charge in [0.2, 0.25) is 5.91 Å². The fourth-order valence-electron chi connectivity index (χ4n) is 6.14. The Bertz CT molecular complexity index is 1460. The molecule has 0 unspecified atom stereocenters. The smallest absolute Gasteiger partial charge is 0.281 e. The van der Waals surface area contributed by atoms with Crippen molar-refractivity contribution in [2.75, 3.05) is 24.5 Å². The molecule has 208 valence electrons. The van der Waals surface area contributed by atoms with E-state index >= 15 is 0 Å². The highest BCUT2D eigenvalue weighted by Gasteiger charge is 2.59. The zero-order valence-corrected chi connectivity index (χ0v) is 22.9. The molecule has 1 aliphatic carbocycles. The Balaban J connectivity index is 1.09.